The molecule has 1 aromatic heterocycles. The molecule has 1 rings (SSSR count). The minimum absolute atomic E-state index is 0.299. The number of hydrogen-bond acceptors (Lipinski definition) is 5. The predicted octanol–water partition coefficient (Wildman–Crippen LogP) is 0.828. The molecule has 1 aromatic rings. The van der Waals surface area contributed by atoms with Crippen molar-refractivity contribution < 1.29 is 5.11 Å². The molecule has 0 aliphatic carbocycles. The fourth-order valence-corrected chi connectivity index (χ4v) is 1.35. The van der Waals surface area contributed by atoms with Crippen LogP contribution in [0, 0.1) is 0 Å². The van der Waals surface area contributed by atoms with Crippen molar-refractivity contribution in [1.29, 1.82) is 0 Å². The number of aliphatic hydroxyl groups is 1. The Kier molecular flexibility index (Phi) is 4.49. The van der Waals surface area contributed by atoms with Crippen LogP contribution in [0.25, 0.3) is 0 Å². The molecular formula is C11H20N4O. The first-order valence-corrected chi connectivity index (χ1v) is 5.55. The third kappa shape index (κ3) is 3.66. The summed E-state index contributed by atoms with van der Waals surface area (Å²) < 4.78 is 0. The van der Waals surface area contributed by atoms with E-state index in [2.05, 4.69) is 9.97 Å². The molecule has 0 bridgehead atoms. The summed E-state index contributed by atoms with van der Waals surface area (Å²) in [7, 11) is 1.93. The molecule has 90 valence electrons. The first-order valence-electron chi connectivity index (χ1n) is 5.55. The Labute approximate surface area is 96.3 Å². The van der Waals surface area contributed by atoms with Gasteiger partial charge >= 0.3 is 0 Å². The minimum atomic E-state index is -0.299. The van der Waals surface area contributed by atoms with Crippen LogP contribution in [-0.4, -0.2) is 34.8 Å². The quantitative estimate of drug-likeness (QED) is 0.774. The second kappa shape index (κ2) is 5.65. The number of nitrogen functional groups attached to an aromatic ring is 1. The summed E-state index contributed by atoms with van der Waals surface area (Å²) in [5, 5.41) is 9.22. The van der Waals surface area contributed by atoms with Crippen LogP contribution in [0.4, 0.5) is 11.6 Å². The Hall–Kier alpha value is -1.36. The number of rotatable bonds is 5. The van der Waals surface area contributed by atoms with Gasteiger partial charge in [0.2, 0.25) is 0 Å². The van der Waals surface area contributed by atoms with E-state index in [-0.39, 0.29) is 6.10 Å². The van der Waals surface area contributed by atoms with Gasteiger partial charge < -0.3 is 15.7 Å². The van der Waals surface area contributed by atoms with E-state index in [0.29, 0.717) is 12.2 Å². The van der Waals surface area contributed by atoms with E-state index >= 15 is 0 Å². The minimum Gasteiger partial charge on any atom is -0.393 e. The Morgan fingerprint density at radius 3 is 2.75 bits per heavy atom. The smallest absolute Gasteiger partial charge is 0.134 e. The molecule has 5 heteroatoms. The van der Waals surface area contributed by atoms with Gasteiger partial charge in [-0.3, -0.25) is 0 Å². The molecule has 0 radical (unpaired) electrons. The van der Waals surface area contributed by atoms with Gasteiger partial charge in [0, 0.05) is 26.1 Å². The highest BCUT2D eigenvalue weighted by Crippen LogP contribution is 2.13. The molecule has 0 saturated carbocycles. The lowest BCUT2D eigenvalue weighted by Crippen LogP contribution is -2.23. The fraction of sp³-hybridized carbons (Fsp3) is 0.636. The van der Waals surface area contributed by atoms with Crippen LogP contribution >= 0.6 is 0 Å². The number of aromatic nitrogens is 2. The van der Waals surface area contributed by atoms with Gasteiger partial charge in [0.15, 0.2) is 0 Å². The molecule has 0 spiro atoms. The second-order valence-corrected chi connectivity index (χ2v) is 3.98. The van der Waals surface area contributed by atoms with Gasteiger partial charge in [0.25, 0.3) is 0 Å². The van der Waals surface area contributed by atoms with Crippen molar-refractivity contribution in [2.75, 3.05) is 24.2 Å². The molecule has 0 aromatic carbocycles. The molecule has 0 aliphatic heterocycles. The molecule has 0 amide bonds. The zero-order valence-corrected chi connectivity index (χ0v) is 10.1. The maximum atomic E-state index is 9.22. The first kappa shape index (κ1) is 12.7. The number of aliphatic hydroxyl groups excluding tert-OH is 1. The SMILES string of the molecule is CCc1nc(N)cc(N(C)CCC(C)O)n1. The standard InChI is InChI=1S/C11H20N4O/c1-4-10-13-9(12)7-11(14-10)15(3)6-5-8(2)16/h7-8,16H,4-6H2,1-3H3,(H2,12,13,14). The van der Waals surface area contributed by atoms with Gasteiger partial charge in [-0.15, -0.1) is 0 Å². The van der Waals surface area contributed by atoms with Gasteiger partial charge in [-0.1, -0.05) is 6.92 Å². The topological polar surface area (TPSA) is 75.3 Å². The largest absolute Gasteiger partial charge is 0.393 e. The summed E-state index contributed by atoms with van der Waals surface area (Å²) in [6, 6.07) is 1.75. The molecule has 5 nitrogen and oxygen atoms in total. The normalized spacial score (nSPS) is 12.5. The summed E-state index contributed by atoms with van der Waals surface area (Å²) in [5.74, 6) is 2.05. The lowest BCUT2D eigenvalue weighted by molar-refractivity contribution is 0.187. The Morgan fingerprint density at radius 1 is 1.50 bits per heavy atom. The maximum absolute atomic E-state index is 9.22. The average Bonchev–Trinajstić information content (AvgIpc) is 2.24. The summed E-state index contributed by atoms with van der Waals surface area (Å²) in [5.41, 5.74) is 5.70. The molecule has 0 fully saturated rings. The Balaban J connectivity index is 2.74. The van der Waals surface area contributed by atoms with E-state index in [0.717, 1.165) is 24.6 Å². The van der Waals surface area contributed by atoms with Crippen molar-refractivity contribution in [2.24, 2.45) is 0 Å². The highest BCUT2D eigenvalue weighted by molar-refractivity contribution is 5.46. The van der Waals surface area contributed by atoms with E-state index in [1.54, 1.807) is 13.0 Å². The number of aryl methyl sites for hydroxylation is 1. The van der Waals surface area contributed by atoms with Gasteiger partial charge in [-0.2, -0.15) is 0 Å². The maximum Gasteiger partial charge on any atom is 0.134 e. The van der Waals surface area contributed by atoms with Crippen LogP contribution < -0.4 is 10.6 Å². The van der Waals surface area contributed by atoms with Crippen molar-refractivity contribution in [2.45, 2.75) is 32.8 Å². The number of hydrogen-bond donors (Lipinski definition) is 2. The van der Waals surface area contributed by atoms with Gasteiger partial charge in [-0.25, -0.2) is 9.97 Å². The van der Waals surface area contributed by atoms with Crippen molar-refractivity contribution >= 4 is 11.6 Å². The van der Waals surface area contributed by atoms with Crippen molar-refractivity contribution in [3.8, 4) is 0 Å². The molecule has 1 unspecified atom stereocenters. The number of anilines is 2. The third-order valence-electron chi connectivity index (χ3n) is 2.37. The first-order chi connectivity index (χ1) is 7.52. The van der Waals surface area contributed by atoms with Crippen LogP contribution in [0.15, 0.2) is 6.07 Å². The molecular weight excluding hydrogens is 204 g/mol. The zero-order valence-electron chi connectivity index (χ0n) is 10.1. The molecule has 1 atom stereocenters. The highest BCUT2D eigenvalue weighted by Gasteiger charge is 2.07. The van der Waals surface area contributed by atoms with Crippen LogP contribution in [0.5, 0.6) is 0 Å². The monoisotopic (exact) mass is 224 g/mol. The number of nitrogens with zero attached hydrogens (tertiary/aromatic N) is 3. The molecule has 16 heavy (non-hydrogen) atoms. The molecule has 0 saturated heterocycles. The van der Waals surface area contributed by atoms with Gasteiger partial charge in [0.05, 0.1) is 6.10 Å². The number of nitrogens with two attached hydrogens (primary N) is 1. The summed E-state index contributed by atoms with van der Waals surface area (Å²) in [4.78, 5) is 10.5. The Morgan fingerprint density at radius 2 is 2.19 bits per heavy atom. The average molecular weight is 224 g/mol. The summed E-state index contributed by atoms with van der Waals surface area (Å²) in [6.07, 6.45) is 1.18. The summed E-state index contributed by atoms with van der Waals surface area (Å²) in [6.45, 7) is 4.52. The van der Waals surface area contributed by atoms with E-state index in [9.17, 15) is 5.11 Å². The Bertz CT molecular complexity index is 341. The van der Waals surface area contributed by atoms with Crippen molar-refractivity contribution in [3.63, 3.8) is 0 Å². The van der Waals surface area contributed by atoms with Crippen LogP contribution in [0.1, 0.15) is 26.1 Å². The molecule has 3 N–H and O–H groups in total. The summed E-state index contributed by atoms with van der Waals surface area (Å²) >= 11 is 0. The van der Waals surface area contributed by atoms with Gasteiger partial charge in [-0.05, 0) is 13.3 Å². The van der Waals surface area contributed by atoms with Crippen molar-refractivity contribution in [1.82, 2.24) is 9.97 Å². The van der Waals surface area contributed by atoms with Crippen LogP contribution in [-0.2, 0) is 6.42 Å². The lowest BCUT2D eigenvalue weighted by Gasteiger charge is -2.19. The van der Waals surface area contributed by atoms with E-state index in [1.165, 1.54) is 0 Å². The highest BCUT2D eigenvalue weighted by atomic mass is 16.3. The third-order valence-corrected chi connectivity index (χ3v) is 2.37. The van der Waals surface area contributed by atoms with Crippen molar-refractivity contribution in [3.05, 3.63) is 11.9 Å². The van der Waals surface area contributed by atoms with E-state index in [1.807, 2.05) is 18.9 Å². The van der Waals surface area contributed by atoms with E-state index in [4.69, 9.17) is 5.73 Å². The zero-order chi connectivity index (χ0) is 12.1. The molecule has 1 heterocycles. The second-order valence-electron chi connectivity index (χ2n) is 3.98. The lowest BCUT2D eigenvalue weighted by atomic mass is 10.3. The molecule has 0 aliphatic rings. The fourth-order valence-electron chi connectivity index (χ4n) is 1.35. The van der Waals surface area contributed by atoms with Crippen LogP contribution in [0.3, 0.4) is 0 Å². The van der Waals surface area contributed by atoms with E-state index < -0.39 is 0 Å². The van der Waals surface area contributed by atoms with Crippen LogP contribution in [0.2, 0.25) is 0 Å². The van der Waals surface area contributed by atoms with Gasteiger partial charge in [0.1, 0.15) is 17.5 Å². The predicted molar refractivity (Wildman–Crippen MR) is 65.4 cm³/mol.